The number of thiazole rings is 1. The minimum absolute atomic E-state index is 0.0759. The van der Waals surface area contributed by atoms with Crippen molar-refractivity contribution in [1.82, 2.24) is 4.57 Å². The lowest BCUT2D eigenvalue weighted by atomic mass is 10.3. The van der Waals surface area contributed by atoms with E-state index in [0.29, 0.717) is 5.69 Å². The third kappa shape index (κ3) is 2.57. The zero-order chi connectivity index (χ0) is 15.0. The number of sulfonamides is 1. The van der Waals surface area contributed by atoms with E-state index in [2.05, 4.69) is 4.72 Å². The van der Waals surface area contributed by atoms with Gasteiger partial charge in [0.25, 0.3) is 10.0 Å². The molecule has 0 fully saturated rings. The third-order valence-electron chi connectivity index (χ3n) is 3.10. The van der Waals surface area contributed by atoms with Gasteiger partial charge in [-0.3, -0.25) is 9.52 Å². The lowest BCUT2D eigenvalue weighted by Gasteiger charge is -2.08. The molecule has 0 saturated carbocycles. The van der Waals surface area contributed by atoms with E-state index in [0.717, 1.165) is 21.6 Å². The van der Waals surface area contributed by atoms with E-state index in [4.69, 9.17) is 0 Å². The van der Waals surface area contributed by atoms with Crippen molar-refractivity contribution in [3.63, 3.8) is 0 Å². The van der Waals surface area contributed by atoms with Crippen LogP contribution in [0.15, 0.2) is 58.2 Å². The van der Waals surface area contributed by atoms with Gasteiger partial charge in [0.05, 0.1) is 20.8 Å². The van der Waals surface area contributed by atoms with Crippen LogP contribution < -0.4 is 9.60 Å². The molecular formula is C14H12N2O3S2. The quantitative estimate of drug-likeness (QED) is 0.806. The fraction of sp³-hybridized carbons (Fsp3) is 0.0714. The molecule has 3 aromatic rings. The largest absolute Gasteiger partial charge is 0.307 e. The van der Waals surface area contributed by atoms with E-state index in [1.807, 2.05) is 0 Å². The number of nitrogens with zero attached hydrogens (tertiary/aromatic N) is 1. The van der Waals surface area contributed by atoms with Crippen LogP contribution in [0.25, 0.3) is 10.2 Å². The van der Waals surface area contributed by atoms with Gasteiger partial charge in [0.15, 0.2) is 0 Å². The maximum atomic E-state index is 12.2. The number of hydrogen-bond acceptors (Lipinski definition) is 4. The van der Waals surface area contributed by atoms with E-state index in [1.165, 1.54) is 16.7 Å². The molecule has 0 unspecified atom stereocenters. The molecule has 0 saturated heterocycles. The first kappa shape index (κ1) is 13.8. The molecule has 3 rings (SSSR count). The molecule has 0 aliphatic carbocycles. The van der Waals surface area contributed by atoms with Crippen molar-refractivity contribution in [1.29, 1.82) is 0 Å². The normalized spacial score (nSPS) is 11.7. The van der Waals surface area contributed by atoms with Crippen LogP contribution in [0.2, 0.25) is 0 Å². The molecule has 1 aromatic heterocycles. The first-order valence-corrected chi connectivity index (χ1v) is 8.45. The maximum absolute atomic E-state index is 12.2. The van der Waals surface area contributed by atoms with Crippen molar-refractivity contribution in [2.75, 3.05) is 4.72 Å². The lowest BCUT2D eigenvalue weighted by Crippen LogP contribution is -2.12. The van der Waals surface area contributed by atoms with Crippen molar-refractivity contribution in [2.24, 2.45) is 7.05 Å². The van der Waals surface area contributed by atoms with Crippen molar-refractivity contribution in [2.45, 2.75) is 4.90 Å². The van der Waals surface area contributed by atoms with Gasteiger partial charge in [0.2, 0.25) is 0 Å². The highest BCUT2D eigenvalue weighted by Gasteiger charge is 2.14. The molecule has 1 heterocycles. The van der Waals surface area contributed by atoms with Gasteiger partial charge in [-0.25, -0.2) is 8.42 Å². The lowest BCUT2D eigenvalue weighted by molar-refractivity contribution is 0.601. The average Bonchev–Trinajstić information content (AvgIpc) is 2.74. The summed E-state index contributed by atoms with van der Waals surface area (Å²) in [6.07, 6.45) is 0. The van der Waals surface area contributed by atoms with Crippen molar-refractivity contribution < 1.29 is 8.42 Å². The molecule has 108 valence electrons. The topological polar surface area (TPSA) is 68.2 Å². The highest BCUT2D eigenvalue weighted by Crippen LogP contribution is 2.23. The van der Waals surface area contributed by atoms with Crippen molar-refractivity contribution in [3.05, 3.63) is 58.2 Å². The van der Waals surface area contributed by atoms with Gasteiger partial charge in [0, 0.05) is 7.05 Å². The van der Waals surface area contributed by atoms with Crippen LogP contribution in [0, 0.1) is 0 Å². The molecule has 5 nitrogen and oxygen atoms in total. The summed E-state index contributed by atoms with van der Waals surface area (Å²) >= 11 is 1.09. The molecule has 0 spiro atoms. The monoisotopic (exact) mass is 320 g/mol. The van der Waals surface area contributed by atoms with E-state index >= 15 is 0 Å². The highest BCUT2D eigenvalue weighted by atomic mass is 32.2. The number of fused-ring (bicyclic) bond motifs is 1. The summed E-state index contributed by atoms with van der Waals surface area (Å²) < 4.78 is 29.3. The fourth-order valence-electron chi connectivity index (χ4n) is 2.01. The van der Waals surface area contributed by atoms with Gasteiger partial charge in [-0.15, -0.1) is 0 Å². The Morgan fingerprint density at radius 3 is 2.52 bits per heavy atom. The molecule has 0 radical (unpaired) electrons. The average molecular weight is 320 g/mol. The summed E-state index contributed by atoms with van der Waals surface area (Å²) in [4.78, 5) is 11.7. The number of hydrogen-bond donors (Lipinski definition) is 1. The Labute approximate surface area is 125 Å². The van der Waals surface area contributed by atoms with Crippen molar-refractivity contribution in [3.8, 4) is 0 Å². The summed E-state index contributed by atoms with van der Waals surface area (Å²) in [6.45, 7) is 0. The van der Waals surface area contributed by atoms with Crippen LogP contribution in [-0.4, -0.2) is 13.0 Å². The predicted octanol–water partition coefficient (Wildman–Crippen LogP) is 2.40. The summed E-state index contributed by atoms with van der Waals surface area (Å²) in [6, 6.07) is 13.2. The van der Waals surface area contributed by atoms with Gasteiger partial charge in [-0.2, -0.15) is 0 Å². The molecule has 0 amide bonds. The molecule has 2 aromatic carbocycles. The SMILES string of the molecule is Cn1c(=O)sc2cc(NS(=O)(=O)c3ccccc3)ccc21. The highest BCUT2D eigenvalue weighted by molar-refractivity contribution is 7.92. The molecule has 1 N–H and O–H groups in total. The summed E-state index contributed by atoms with van der Waals surface area (Å²) in [5.74, 6) is 0. The molecule has 0 bridgehead atoms. The Kier molecular flexibility index (Phi) is 3.30. The number of benzene rings is 2. The van der Waals surface area contributed by atoms with Gasteiger partial charge in [-0.05, 0) is 30.3 Å². The van der Waals surface area contributed by atoms with Crippen LogP contribution in [0.5, 0.6) is 0 Å². The van der Waals surface area contributed by atoms with Gasteiger partial charge in [0.1, 0.15) is 0 Å². The van der Waals surface area contributed by atoms with Crippen LogP contribution in [-0.2, 0) is 17.1 Å². The van der Waals surface area contributed by atoms with E-state index < -0.39 is 10.0 Å². The molecule has 21 heavy (non-hydrogen) atoms. The van der Waals surface area contributed by atoms with Crippen LogP contribution in [0.1, 0.15) is 0 Å². The fourth-order valence-corrected chi connectivity index (χ4v) is 4.00. The number of aryl methyl sites for hydroxylation is 1. The Bertz CT molecular complexity index is 957. The Hall–Kier alpha value is -2.12. The number of anilines is 1. The van der Waals surface area contributed by atoms with E-state index in [9.17, 15) is 13.2 Å². The second-order valence-electron chi connectivity index (χ2n) is 4.53. The smallest absolute Gasteiger partial charge is 0.302 e. The summed E-state index contributed by atoms with van der Waals surface area (Å²) in [5, 5.41) is 0. The number of rotatable bonds is 3. The second-order valence-corrected chi connectivity index (χ2v) is 7.20. The molecule has 0 aliphatic rings. The molecule has 0 aliphatic heterocycles. The van der Waals surface area contributed by atoms with Crippen LogP contribution in [0.4, 0.5) is 5.69 Å². The second kappa shape index (κ2) is 5.01. The summed E-state index contributed by atoms with van der Waals surface area (Å²) in [5.41, 5.74) is 1.22. The Balaban J connectivity index is 2.00. The van der Waals surface area contributed by atoms with Crippen molar-refractivity contribution >= 4 is 37.3 Å². The molecule has 0 atom stereocenters. The minimum atomic E-state index is -3.62. The predicted molar refractivity (Wildman–Crippen MR) is 84.3 cm³/mol. The standard InChI is InChI=1S/C14H12N2O3S2/c1-16-12-8-7-10(9-13(12)20-14(16)17)15-21(18,19)11-5-3-2-4-6-11/h2-9,15H,1H3. The zero-order valence-corrected chi connectivity index (χ0v) is 12.7. The van der Waals surface area contributed by atoms with E-state index in [-0.39, 0.29) is 9.77 Å². The number of nitrogens with one attached hydrogen (secondary N) is 1. The van der Waals surface area contributed by atoms with Gasteiger partial charge >= 0.3 is 4.87 Å². The van der Waals surface area contributed by atoms with Crippen LogP contribution >= 0.6 is 11.3 Å². The third-order valence-corrected chi connectivity index (χ3v) is 5.49. The van der Waals surface area contributed by atoms with Gasteiger partial charge < -0.3 is 4.57 Å². The van der Waals surface area contributed by atoms with Gasteiger partial charge in [-0.1, -0.05) is 29.5 Å². The summed E-state index contributed by atoms with van der Waals surface area (Å²) in [7, 11) is -1.93. The molecule has 7 heteroatoms. The van der Waals surface area contributed by atoms with Crippen LogP contribution in [0.3, 0.4) is 0 Å². The van der Waals surface area contributed by atoms with E-state index in [1.54, 1.807) is 43.4 Å². The minimum Gasteiger partial charge on any atom is -0.302 e. The first-order chi connectivity index (χ1) is 9.97. The number of aromatic nitrogens is 1. The maximum Gasteiger partial charge on any atom is 0.307 e. The zero-order valence-electron chi connectivity index (χ0n) is 11.1. The Morgan fingerprint density at radius 2 is 1.81 bits per heavy atom. The Morgan fingerprint density at radius 1 is 1.10 bits per heavy atom. The first-order valence-electron chi connectivity index (χ1n) is 6.15. The molecular weight excluding hydrogens is 308 g/mol.